The molecular formula is C17H22N4O2. The van der Waals surface area contributed by atoms with E-state index in [9.17, 15) is 9.59 Å². The van der Waals surface area contributed by atoms with E-state index in [-0.39, 0.29) is 18.2 Å². The summed E-state index contributed by atoms with van der Waals surface area (Å²) < 4.78 is 1.88. The van der Waals surface area contributed by atoms with E-state index in [1.165, 1.54) is 6.92 Å². The molecule has 6 heteroatoms. The van der Waals surface area contributed by atoms with Crippen LogP contribution in [0.5, 0.6) is 0 Å². The van der Waals surface area contributed by atoms with E-state index in [0.717, 1.165) is 22.6 Å². The van der Waals surface area contributed by atoms with E-state index in [4.69, 9.17) is 0 Å². The number of benzene rings is 1. The number of nitrogens with zero attached hydrogens (tertiary/aromatic N) is 2. The summed E-state index contributed by atoms with van der Waals surface area (Å²) >= 11 is 0. The molecule has 0 aliphatic heterocycles. The summed E-state index contributed by atoms with van der Waals surface area (Å²) in [6.07, 6.45) is 0.268. The highest BCUT2D eigenvalue weighted by molar-refractivity contribution is 5.77. The van der Waals surface area contributed by atoms with Gasteiger partial charge in [0.25, 0.3) is 0 Å². The molecule has 122 valence electrons. The number of rotatable bonds is 6. The number of nitrogens with one attached hydrogen (secondary N) is 2. The van der Waals surface area contributed by atoms with Crippen LogP contribution in [0.1, 0.15) is 30.3 Å². The van der Waals surface area contributed by atoms with Gasteiger partial charge in [0, 0.05) is 37.7 Å². The molecule has 2 rings (SSSR count). The molecule has 2 N–H and O–H groups in total. The summed E-state index contributed by atoms with van der Waals surface area (Å²) in [7, 11) is 0. The lowest BCUT2D eigenvalue weighted by Crippen LogP contribution is -2.29. The molecule has 0 saturated carbocycles. The van der Waals surface area contributed by atoms with E-state index in [1.807, 2.05) is 48.9 Å². The van der Waals surface area contributed by atoms with Gasteiger partial charge >= 0.3 is 0 Å². The van der Waals surface area contributed by atoms with Gasteiger partial charge in [0.05, 0.1) is 11.4 Å². The van der Waals surface area contributed by atoms with Gasteiger partial charge in [-0.25, -0.2) is 4.68 Å². The molecule has 0 saturated heterocycles. The van der Waals surface area contributed by atoms with Gasteiger partial charge in [-0.1, -0.05) is 18.2 Å². The normalized spacial score (nSPS) is 10.4. The Morgan fingerprint density at radius 2 is 1.83 bits per heavy atom. The lowest BCUT2D eigenvalue weighted by Gasteiger charge is -2.07. The maximum atomic E-state index is 11.8. The summed E-state index contributed by atoms with van der Waals surface area (Å²) in [5.41, 5.74) is 3.92. The molecule has 0 spiro atoms. The summed E-state index contributed by atoms with van der Waals surface area (Å²) in [5.74, 6) is -0.223. The van der Waals surface area contributed by atoms with Crippen molar-refractivity contribution in [1.29, 1.82) is 0 Å². The molecule has 23 heavy (non-hydrogen) atoms. The van der Waals surface area contributed by atoms with E-state index in [0.29, 0.717) is 13.1 Å². The Morgan fingerprint density at radius 1 is 1.13 bits per heavy atom. The molecule has 2 amide bonds. The van der Waals surface area contributed by atoms with Crippen LogP contribution in [-0.4, -0.2) is 28.1 Å². The molecule has 6 nitrogen and oxygen atoms in total. The third-order valence-electron chi connectivity index (χ3n) is 3.63. The van der Waals surface area contributed by atoms with Gasteiger partial charge in [-0.15, -0.1) is 0 Å². The van der Waals surface area contributed by atoms with Gasteiger partial charge in [0.15, 0.2) is 0 Å². The molecular weight excluding hydrogens is 292 g/mol. The zero-order valence-electron chi connectivity index (χ0n) is 13.7. The number of carbonyl (C=O) groups excluding carboxylic acids is 2. The van der Waals surface area contributed by atoms with Crippen LogP contribution in [0.3, 0.4) is 0 Å². The monoisotopic (exact) mass is 314 g/mol. The average Bonchev–Trinajstić information content (AvgIpc) is 2.80. The fraction of sp³-hybridized carbons (Fsp3) is 0.353. The first-order valence-corrected chi connectivity index (χ1v) is 7.60. The van der Waals surface area contributed by atoms with Crippen molar-refractivity contribution in [1.82, 2.24) is 20.4 Å². The second kappa shape index (κ2) is 7.58. The molecule has 0 aliphatic carbocycles. The Balaban J connectivity index is 2.00. The molecule has 0 atom stereocenters. The molecule has 2 aromatic rings. The number of carbonyl (C=O) groups is 2. The fourth-order valence-electron chi connectivity index (χ4n) is 2.38. The Bertz CT molecular complexity index is 692. The SMILES string of the molecule is CC(=O)NCCC(=O)NCc1c(C)nn(-c2ccccc2)c1C. The predicted molar refractivity (Wildman–Crippen MR) is 88.2 cm³/mol. The van der Waals surface area contributed by atoms with Gasteiger partial charge in [0.1, 0.15) is 0 Å². The lowest BCUT2D eigenvalue weighted by atomic mass is 10.2. The summed E-state index contributed by atoms with van der Waals surface area (Å²) in [6, 6.07) is 9.89. The topological polar surface area (TPSA) is 76.0 Å². The molecule has 1 heterocycles. The molecule has 1 aromatic carbocycles. The average molecular weight is 314 g/mol. The Kier molecular flexibility index (Phi) is 5.51. The summed E-state index contributed by atoms with van der Waals surface area (Å²) in [4.78, 5) is 22.6. The number of aryl methyl sites for hydroxylation is 1. The van der Waals surface area contributed by atoms with Crippen molar-refractivity contribution in [3.63, 3.8) is 0 Å². The third kappa shape index (κ3) is 4.42. The minimum absolute atomic E-state index is 0.0926. The van der Waals surface area contributed by atoms with E-state index in [2.05, 4.69) is 15.7 Å². The number of aromatic nitrogens is 2. The quantitative estimate of drug-likeness (QED) is 0.851. The summed E-state index contributed by atoms with van der Waals surface area (Å²) in [5, 5.41) is 10.0. The van der Waals surface area contributed by atoms with Crippen LogP contribution in [0.2, 0.25) is 0 Å². The van der Waals surface area contributed by atoms with Crippen molar-refractivity contribution in [2.24, 2.45) is 0 Å². The second-order valence-corrected chi connectivity index (χ2v) is 5.41. The van der Waals surface area contributed by atoms with Crippen LogP contribution >= 0.6 is 0 Å². The summed E-state index contributed by atoms with van der Waals surface area (Å²) in [6.45, 7) is 6.14. The number of hydrogen-bond donors (Lipinski definition) is 2. The second-order valence-electron chi connectivity index (χ2n) is 5.41. The molecule has 0 bridgehead atoms. The molecule has 0 fully saturated rings. The Hall–Kier alpha value is -2.63. The van der Waals surface area contributed by atoms with E-state index < -0.39 is 0 Å². The Labute approximate surface area is 135 Å². The minimum Gasteiger partial charge on any atom is -0.356 e. The zero-order chi connectivity index (χ0) is 16.8. The lowest BCUT2D eigenvalue weighted by molar-refractivity contribution is -0.121. The van der Waals surface area contributed by atoms with Crippen molar-refractivity contribution in [2.45, 2.75) is 33.7 Å². The van der Waals surface area contributed by atoms with Crippen LogP contribution in [-0.2, 0) is 16.1 Å². The number of para-hydroxylation sites is 1. The molecule has 0 radical (unpaired) electrons. The largest absolute Gasteiger partial charge is 0.356 e. The zero-order valence-corrected chi connectivity index (χ0v) is 13.7. The minimum atomic E-state index is -0.131. The first-order chi connectivity index (χ1) is 11.0. The van der Waals surface area contributed by atoms with Gasteiger partial charge in [0.2, 0.25) is 11.8 Å². The van der Waals surface area contributed by atoms with Gasteiger partial charge in [-0.2, -0.15) is 5.10 Å². The maximum Gasteiger partial charge on any atom is 0.222 e. The van der Waals surface area contributed by atoms with E-state index in [1.54, 1.807) is 0 Å². The molecule has 0 unspecified atom stereocenters. The van der Waals surface area contributed by atoms with Crippen LogP contribution in [0.4, 0.5) is 0 Å². The van der Waals surface area contributed by atoms with Crippen LogP contribution in [0.25, 0.3) is 5.69 Å². The number of amides is 2. The highest BCUT2D eigenvalue weighted by atomic mass is 16.2. The van der Waals surface area contributed by atoms with Crippen LogP contribution in [0.15, 0.2) is 30.3 Å². The van der Waals surface area contributed by atoms with Crippen molar-refractivity contribution < 1.29 is 9.59 Å². The predicted octanol–water partition coefficient (Wildman–Crippen LogP) is 1.63. The van der Waals surface area contributed by atoms with E-state index >= 15 is 0 Å². The highest BCUT2D eigenvalue weighted by Gasteiger charge is 2.13. The van der Waals surface area contributed by atoms with Crippen molar-refractivity contribution in [3.05, 3.63) is 47.3 Å². The smallest absolute Gasteiger partial charge is 0.222 e. The van der Waals surface area contributed by atoms with Crippen LogP contribution < -0.4 is 10.6 Å². The third-order valence-corrected chi connectivity index (χ3v) is 3.63. The number of hydrogen-bond acceptors (Lipinski definition) is 3. The van der Waals surface area contributed by atoms with Gasteiger partial charge < -0.3 is 10.6 Å². The van der Waals surface area contributed by atoms with Gasteiger partial charge in [-0.05, 0) is 26.0 Å². The maximum absolute atomic E-state index is 11.8. The van der Waals surface area contributed by atoms with Crippen LogP contribution in [0, 0.1) is 13.8 Å². The fourth-order valence-corrected chi connectivity index (χ4v) is 2.38. The van der Waals surface area contributed by atoms with Gasteiger partial charge in [-0.3, -0.25) is 9.59 Å². The Morgan fingerprint density at radius 3 is 2.48 bits per heavy atom. The standard InChI is InChI=1S/C17H22N4O2/c1-12-16(11-19-17(23)9-10-18-14(3)22)13(2)21(20-12)15-7-5-4-6-8-15/h4-8H,9-11H2,1-3H3,(H,18,22)(H,19,23). The first kappa shape index (κ1) is 16.7. The van der Waals surface area contributed by atoms with Crippen molar-refractivity contribution >= 4 is 11.8 Å². The molecule has 0 aliphatic rings. The molecule has 1 aromatic heterocycles. The first-order valence-electron chi connectivity index (χ1n) is 7.60. The van der Waals surface area contributed by atoms with Crippen molar-refractivity contribution in [2.75, 3.05) is 6.54 Å². The highest BCUT2D eigenvalue weighted by Crippen LogP contribution is 2.17. The van der Waals surface area contributed by atoms with Crippen molar-refractivity contribution in [3.8, 4) is 5.69 Å².